The summed E-state index contributed by atoms with van der Waals surface area (Å²) < 4.78 is 6.40. The molecule has 1 aliphatic rings. The summed E-state index contributed by atoms with van der Waals surface area (Å²) in [7, 11) is 0. The van der Waals surface area contributed by atoms with E-state index in [2.05, 4.69) is 14.9 Å². The van der Waals surface area contributed by atoms with Crippen LogP contribution in [0.2, 0.25) is 5.28 Å². The van der Waals surface area contributed by atoms with E-state index in [1.54, 1.807) is 11.3 Å². The zero-order valence-corrected chi connectivity index (χ0v) is 11.9. The van der Waals surface area contributed by atoms with Gasteiger partial charge in [0, 0.05) is 19.7 Å². The summed E-state index contributed by atoms with van der Waals surface area (Å²) >= 11 is 7.64. The summed E-state index contributed by atoms with van der Waals surface area (Å²) in [6.07, 6.45) is 0.593. The number of halogens is 1. The van der Waals surface area contributed by atoms with E-state index in [4.69, 9.17) is 21.4 Å². The van der Waals surface area contributed by atoms with Gasteiger partial charge in [0.1, 0.15) is 0 Å². The third-order valence-corrected chi connectivity index (χ3v) is 4.32. The summed E-state index contributed by atoms with van der Waals surface area (Å²) in [5.41, 5.74) is 1.89. The predicted molar refractivity (Wildman–Crippen MR) is 76.2 cm³/mol. The van der Waals surface area contributed by atoms with Crippen molar-refractivity contribution in [3.63, 3.8) is 0 Å². The fourth-order valence-corrected chi connectivity index (χ4v) is 3.43. The molecule has 0 unspecified atom stereocenters. The highest BCUT2D eigenvalue weighted by atomic mass is 35.5. The summed E-state index contributed by atoms with van der Waals surface area (Å²) in [4.78, 5) is 10.9. The van der Waals surface area contributed by atoms with Crippen molar-refractivity contribution in [3.05, 3.63) is 16.2 Å². The molecule has 2 aromatic rings. The number of aliphatic hydroxyl groups is 1. The molecule has 0 saturated carbocycles. The fourth-order valence-electron chi connectivity index (χ4n) is 2.21. The zero-order chi connectivity index (χ0) is 13.2. The van der Waals surface area contributed by atoms with Crippen LogP contribution in [0.3, 0.4) is 0 Å². The molecule has 0 aliphatic carbocycles. The molecule has 0 radical (unpaired) electrons. The second-order valence-electron chi connectivity index (χ2n) is 4.33. The number of ether oxygens (including phenoxy) is 1. The second kappa shape index (κ2) is 5.58. The molecule has 5 nitrogen and oxygen atoms in total. The number of rotatable bonds is 3. The minimum Gasteiger partial charge on any atom is -0.396 e. The maximum atomic E-state index is 9.09. The van der Waals surface area contributed by atoms with Crippen molar-refractivity contribution < 1.29 is 9.84 Å². The first kappa shape index (κ1) is 13.1. The van der Waals surface area contributed by atoms with Crippen LogP contribution in [0.5, 0.6) is 0 Å². The molecule has 0 bridgehead atoms. The monoisotopic (exact) mass is 299 g/mol. The second-order valence-corrected chi connectivity index (χ2v) is 5.55. The van der Waals surface area contributed by atoms with E-state index >= 15 is 0 Å². The van der Waals surface area contributed by atoms with Crippen molar-refractivity contribution in [1.29, 1.82) is 0 Å². The minimum atomic E-state index is 0.111. The van der Waals surface area contributed by atoms with Crippen LogP contribution >= 0.6 is 22.9 Å². The third kappa shape index (κ3) is 2.53. The van der Waals surface area contributed by atoms with E-state index in [-0.39, 0.29) is 11.9 Å². The summed E-state index contributed by atoms with van der Waals surface area (Å²) in [6, 6.07) is 0. The number of fused-ring (bicyclic) bond motifs is 1. The van der Waals surface area contributed by atoms with Crippen molar-refractivity contribution in [2.45, 2.75) is 6.42 Å². The molecule has 0 spiro atoms. The van der Waals surface area contributed by atoms with Gasteiger partial charge in [0.05, 0.1) is 23.4 Å². The van der Waals surface area contributed by atoms with Crippen LogP contribution in [0.15, 0.2) is 5.38 Å². The highest BCUT2D eigenvalue weighted by Crippen LogP contribution is 2.33. The average Bonchev–Trinajstić information content (AvgIpc) is 2.83. The van der Waals surface area contributed by atoms with Crippen LogP contribution in [0.25, 0.3) is 10.2 Å². The molecular formula is C12H14ClN3O2S. The topological polar surface area (TPSA) is 58.5 Å². The number of aliphatic hydroxyl groups excluding tert-OH is 1. The van der Waals surface area contributed by atoms with Crippen LogP contribution in [-0.4, -0.2) is 48.0 Å². The van der Waals surface area contributed by atoms with E-state index in [1.165, 1.54) is 0 Å². The smallest absolute Gasteiger partial charge is 0.224 e. The first-order chi connectivity index (χ1) is 9.29. The number of anilines is 1. The summed E-state index contributed by atoms with van der Waals surface area (Å²) in [6.45, 7) is 3.15. The Hall–Kier alpha value is -0.950. The molecule has 1 saturated heterocycles. The number of hydrogen-bond donors (Lipinski definition) is 1. The zero-order valence-electron chi connectivity index (χ0n) is 10.3. The Morgan fingerprint density at radius 2 is 2.16 bits per heavy atom. The number of hydrogen-bond acceptors (Lipinski definition) is 6. The van der Waals surface area contributed by atoms with Crippen LogP contribution in [0, 0.1) is 0 Å². The van der Waals surface area contributed by atoms with Crippen molar-refractivity contribution in [1.82, 2.24) is 9.97 Å². The van der Waals surface area contributed by atoms with Crippen molar-refractivity contribution >= 4 is 39.0 Å². The van der Waals surface area contributed by atoms with E-state index in [9.17, 15) is 0 Å². The Morgan fingerprint density at radius 1 is 1.37 bits per heavy atom. The van der Waals surface area contributed by atoms with Gasteiger partial charge in [-0.1, -0.05) is 0 Å². The normalized spacial score (nSPS) is 16.2. The SMILES string of the molecule is OCCc1csc2c(N3CCOCC3)nc(Cl)nc12. The van der Waals surface area contributed by atoms with E-state index in [0.717, 1.165) is 34.7 Å². The standard InChI is InChI=1S/C12H14ClN3O2S/c13-12-14-9-8(1-4-17)7-19-10(9)11(15-12)16-2-5-18-6-3-16/h7,17H,1-6H2. The molecule has 7 heteroatoms. The van der Waals surface area contributed by atoms with Gasteiger partial charge in [-0.15, -0.1) is 11.3 Å². The molecule has 1 fully saturated rings. The van der Waals surface area contributed by atoms with E-state index in [0.29, 0.717) is 19.6 Å². The average molecular weight is 300 g/mol. The predicted octanol–water partition coefficient (Wildman–Crippen LogP) is 1.72. The van der Waals surface area contributed by atoms with Gasteiger partial charge in [-0.2, -0.15) is 4.98 Å². The van der Waals surface area contributed by atoms with Gasteiger partial charge in [-0.05, 0) is 29.0 Å². The van der Waals surface area contributed by atoms with Gasteiger partial charge < -0.3 is 14.7 Å². The molecule has 102 valence electrons. The first-order valence-electron chi connectivity index (χ1n) is 6.17. The Labute approximate surface area is 119 Å². The number of morpholine rings is 1. The molecule has 3 heterocycles. The highest BCUT2D eigenvalue weighted by Gasteiger charge is 2.19. The Balaban J connectivity index is 2.07. The molecule has 1 N–H and O–H groups in total. The lowest BCUT2D eigenvalue weighted by Gasteiger charge is -2.28. The van der Waals surface area contributed by atoms with Gasteiger partial charge in [-0.25, -0.2) is 4.98 Å². The molecule has 2 aromatic heterocycles. The Kier molecular flexibility index (Phi) is 3.83. The van der Waals surface area contributed by atoms with Gasteiger partial charge in [0.2, 0.25) is 5.28 Å². The first-order valence-corrected chi connectivity index (χ1v) is 7.42. The van der Waals surface area contributed by atoms with Gasteiger partial charge in [0.15, 0.2) is 5.82 Å². The molecule has 3 rings (SSSR count). The van der Waals surface area contributed by atoms with Crippen molar-refractivity contribution in [2.24, 2.45) is 0 Å². The minimum absolute atomic E-state index is 0.111. The molecule has 0 atom stereocenters. The van der Waals surface area contributed by atoms with E-state index < -0.39 is 0 Å². The quantitative estimate of drug-likeness (QED) is 0.875. The van der Waals surface area contributed by atoms with Gasteiger partial charge in [-0.3, -0.25) is 0 Å². The summed E-state index contributed by atoms with van der Waals surface area (Å²) in [5, 5.41) is 11.4. The lowest BCUT2D eigenvalue weighted by molar-refractivity contribution is 0.122. The number of aromatic nitrogens is 2. The van der Waals surface area contributed by atoms with Crippen molar-refractivity contribution in [3.8, 4) is 0 Å². The van der Waals surface area contributed by atoms with Crippen LogP contribution in [0.4, 0.5) is 5.82 Å². The molecule has 19 heavy (non-hydrogen) atoms. The van der Waals surface area contributed by atoms with Gasteiger partial charge in [0.25, 0.3) is 0 Å². The molecule has 0 aromatic carbocycles. The number of nitrogens with zero attached hydrogens (tertiary/aromatic N) is 3. The Bertz CT molecular complexity index is 584. The van der Waals surface area contributed by atoms with Crippen LogP contribution < -0.4 is 4.90 Å². The van der Waals surface area contributed by atoms with Gasteiger partial charge >= 0.3 is 0 Å². The van der Waals surface area contributed by atoms with Crippen LogP contribution in [-0.2, 0) is 11.2 Å². The van der Waals surface area contributed by atoms with Crippen molar-refractivity contribution in [2.75, 3.05) is 37.8 Å². The summed E-state index contributed by atoms with van der Waals surface area (Å²) in [5.74, 6) is 0.882. The molecule has 0 amide bonds. The van der Waals surface area contributed by atoms with E-state index in [1.807, 2.05) is 5.38 Å². The molecular weight excluding hydrogens is 286 g/mol. The lowest BCUT2D eigenvalue weighted by Crippen LogP contribution is -2.36. The largest absolute Gasteiger partial charge is 0.396 e. The highest BCUT2D eigenvalue weighted by molar-refractivity contribution is 7.18. The lowest BCUT2D eigenvalue weighted by atomic mass is 10.2. The maximum Gasteiger partial charge on any atom is 0.224 e. The fraction of sp³-hybridized carbons (Fsp3) is 0.500. The maximum absolute atomic E-state index is 9.09. The third-order valence-electron chi connectivity index (χ3n) is 3.14. The molecule has 1 aliphatic heterocycles. The number of thiophene rings is 1. The van der Waals surface area contributed by atoms with Crippen LogP contribution in [0.1, 0.15) is 5.56 Å². The Morgan fingerprint density at radius 3 is 2.89 bits per heavy atom.